The van der Waals surface area contributed by atoms with Gasteiger partial charge in [-0.1, -0.05) is 0 Å². The Labute approximate surface area is 121 Å². The molecule has 0 saturated heterocycles. The molecule has 0 unspecified atom stereocenters. The maximum absolute atomic E-state index is 11.5. The molecule has 1 aliphatic rings. The van der Waals surface area contributed by atoms with Gasteiger partial charge in [-0.05, 0) is 47.9 Å². The van der Waals surface area contributed by atoms with E-state index in [9.17, 15) is 14.9 Å². The van der Waals surface area contributed by atoms with Crippen molar-refractivity contribution in [2.75, 3.05) is 0 Å². The summed E-state index contributed by atoms with van der Waals surface area (Å²) in [6.07, 6.45) is 1.34. The van der Waals surface area contributed by atoms with Crippen LogP contribution in [0.3, 0.4) is 0 Å². The number of nitro groups is 1. The fourth-order valence-corrected chi connectivity index (χ4v) is 2.40. The third-order valence-electron chi connectivity index (χ3n) is 3.55. The first-order chi connectivity index (χ1) is 10.1. The minimum Gasteiger partial charge on any atom is -0.489 e. The van der Waals surface area contributed by atoms with Crippen molar-refractivity contribution >= 4 is 11.5 Å². The lowest BCUT2D eigenvalue weighted by atomic mass is 10.1. The smallest absolute Gasteiger partial charge is 0.269 e. The zero-order valence-corrected chi connectivity index (χ0v) is 11.2. The highest BCUT2D eigenvalue weighted by Crippen LogP contribution is 2.26. The van der Waals surface area contributed by atoms with Gasteiger partial charge >= 0.3 is 0 Å². The summed E-state index contributed by atoms with van der Waals surface area (Å²) in [7, 11) is 0. The molecular weight excluding hydrogens is 270 g/mol. The average Bonchev–Trinajstić information content (AvgIpc) is 2.86. The number of benzene rings is 2. The maximum atomic E-state index is 11.5. The summed E-state index contributed by atoms with van der Waals surface area (Å²) in [5, 5.41) is 10.6. The summed E-state index contributed by atoms with van der Waals surface area (Å²) in [6, 6.07) is 11.7. The molecule has 0 radical (unpaired) electrons. The molecule has 0 heterocycles. The van der Waals surface area contributed by atoms with Crippen molar-refractivity contribution in [1.29, 1.82) is 0 Å². The van der Waals surface area contributed by atoms with Crippen molar-refractivity contribution in [3.8, 4) is 5.75 Å². The molecule has 1 aliphatic carbocycles. The van der Waals surface area contributed by atoms with Crippen molar-refractivity contribution in [3.05, 3.63) is 69.3 Å². The van der Waals surface area contributed by atoms with E-state index in [4.69, 9.17) is 4.74 Å². The highest BCUT2D eigenvalue weighted by atomic mass is 16.6. The largest absolute Gasteiger partial charge is 0.489 e. The Hall–Kier alpha value is -2.69. The molecule has 0 saturated carbocycles. The molecule has 0 fully saturated rings. The van der Waals surface area contributed by atoms with E-state index in [0.29, 0.717) is 18.8 Å². The second kappa shape index (κ2) is 5.36. The second-order valence-electron chi connectivity index (χ2n) is 4.95. The fourth-order valence-electron chi connectivity index (χ4n) is 2.40. The van der Waals surface area contributed by atoms with Crippen LogP contribution in [0.2, 0.25) is 0 Å². The third kappa shape index (κ3) is 2.76. The molecular formula is C16H13NO4. The van der Waals surface area contributed by atoms with Gasteiger partial charge in [0.1, 0.15) is 12.4 Å². The summed E-state index contributed by atoms with van der Waals surface area (Å²) in [5.74, 6) is 0.897. The number of nitrogens with zero attached hydrogens (tertiary/aromatic N) is 1. The number of ketones is 1. The van der Waals surface area contributed by atoms with E-state index in [2.05, 4.69) is 0 Å². The molecule has 106 valence electrons. The summed E-state index contributed by atoms with van der Waals surface area (Å²) in [6.45, 7) is 0.338. The number of ether oxygens (including phenoxy) is 1. The van der Waals surface area contributed by atoms with Crippen LogP contribution in [0, 0.1) is 10.1 Å². The molecule has 2 aromatic carbocycles. The lowest BCUT2D eigenvalue weighted by Crippen LogP contribution is -1.97. The minimum atomic E-state index is -0.428. The highest BCUT2D eigenvalue weighted by molar-refractivity contribution is 6.00. The molecule has 0 aliphatic heterocycles. The van der Waals surface area contributed by atoms with Gasteiger partial charge in [0.15, 0.2) is 5.78 Å². The van der Waals surface area contributed by atoms with Gasteiger partial charge in [-0.3, -0.25) is 14.9 Å². The van der Waals surface area contributed by atoms with Crippen LogP contribution in [0.5, 0.6) is 5.75 Å². The molecule has 0 aromatic heterocycles. The van der Waals surface area contributed by atoms with Crippen molar-refractivity contribution in [2.24, 2.45) is 0 Å². The van der Waals surface area contributed by atoms with Gasteiger partial charge in [-0.15, -0.1) is 0 Å². The van der Waals surface area contributed by atoms with Crippen LogP contribution >= 0.6 is 0 Å². The van der Waals surface area contributed by atoms with E-state index in [1.165, 1.54) is 12.1 Å². The minimum absolute atomic E-state index is 0.0646. The second-order valence-corrected chi connectivity index (χ2v) is 4.95. The third-order valence-corrected chi connectivity index (χ3v) is 3.55. The Balaban J connectivity index is 1.68. The van der Waals surface area contributed by atoms with Gasteiger partial charge in [0.05, 0.1) is 4.92 Å². The van der Waals surface area contributed by atoms with Crippen molar-refractivity contribution in [3.63, 3.8) is 0 Å². The normalized spacial score (nSPS) is 13.0. The summed E-state index contributed by atoms with van der Waals surface area (Å²) in [5.41, 5.74) is 2.74. The number of carbonyl (C=O) groups excluding carboxylic acids is 1. The zero-order valence-electron chi connectivity index (χ0n) is 11.2. The van der Waals surface area contributed by atoms with Crippen molar-refractivity contribution in [2.45, 2.75) is 19.4 Å². The number of rotatable bonds is 4. The number of carbonyl (C=O) groups is 1. The Morgan fingerprint density at radius 2 is 1.86 bits per heavy atom. The average molecular weight is 283 g/mol. The predicted octanol–water partition coefficient (Wildman–Crippen LogP) is 3.30. The molecule has 3 rings (SSSR count). The first-order valence-electron chi connectivity index (χ1n) is 6.66. The predicted molar refractivity (Wildman–Crippen MR) is 76.5 cm³/mol. The van der Waals surface area contributed by atoms with Gasteiger partial charge in [-0.25, -0.2) is 0 Å². The van der Waals surface area contributed by atoms with E-state index in [1.807, 2.05) is 6.07 Å². The van der Waals surface area contributed by atoms with E-state index in [1.54, 1.807) is 24.3 Å². The SMILES string of the molecule is O=C1CCc2cc(OCc3ccc([N+](=O)[O-])cc3)ccc21. The van der Waals surface area contributed by atoms with Gasteiger partial charge in [0, 0.05) is 24.1 Å². The summed E-state index contributed by atoms with van der Waals surface area (Å²) < 4.78 is 5.67. The summed E-state index contributed by atoms with van der Waals surface area (Å²) in [4.78, 5) is 21.7. The number of nitro benzene ring substituents is 1. The molecule has 0 spiro atoms. The molecule has 0 atom stereocenters. The first kappa shape index (κ1) is 13.3. The molecule has 0 bridgehead atoms. The highest BCUT2D eigenvalue weighted by Gasteiger charge is 2.19. The van der Waals surface area contributed by atoms with Crippen LogP contribution in [0.4, 0.5) is 5.69 Å². The molecule has 0 N–H and O–H groups in total. The van der Waals surface area contributed by atoms with E-state index in [-0.39, 0.29) is 11.5 Å². The Bertz CT molecular complexity index is 707. The molecule has 21 heavy (non-hydrogen) atoms. The number of Topliss-reactive ketones (excluding diaryl/α,β-unsaturated/α-hetero) is 1. The van der Waals surface area contributed by atoms with E-state index >= 15 is 0 Å². The lowest BCUT2D eigenvalue weighted by molar-refractivity contribution is -0.384. The fraction of sp³-hybridized carbons (Fsp3) is 0.188. The summed E-state index contributed by atoms with van der Waals surface area (Å²) >= 11 is 0. The maximum Gasteiger partial charge on any atom is 0.269 e. The van der Waals surface area contributed by atoms with Gasteiger partial charge in [0.25, 0.3) is 5.69 Å². The van der Waals surface area contributed by atoms with E-state index in [0.717, 1.165) is 23.1 Å². The van der Waals surface area contributed by atoms with Gasteiger partial charge in [0.2, 0.25) is 0 Å². The van der Waals surface area contributed by atoms with Crippen LogP contribution in [0.1, 0.15) is 27.9 Å². The van der Waals surface area contributed by atoms with Crippen LogP contribution in [-0.2, 0) is 13.0 Å². The molecule has 5 nitrogen and oxygen atoms in total. The van der Waals surface area contributed by atoms with Gasteiger partial charge in [-0.2, -0.15) is 0 Å². The Morgan fingerprint density at radius 3 is 2.57 bits per heavy atom. The topological polar surface area (TPSA) is 69.4 Å². The Kier molecular flexibility index (Phi) is 3.39. The quantitative estimate of drug-likeness (QED) is 0.637. The van der Waals surface area contributed by atoms with Crippen LogP contribution in [-0.4, -0.2) is 10.7 Å². The number of hydrogen-bond acceptors (Lipinski definition) is 4. The lowest BCUT2D eigenvalue weighted by Gasteiger charge is -2.07. The standard InChI is InChI=1S/C16H13NO4/c18-16-8-3-12-9-14(6-7-15(12)16)21-10-11-1-4-13(5-2-11)17(19)20/h1-2,4-7,9H,3,8,10H2. The van der Waals surface area contributed by atoms with Crippen LogP contribution in [0.25, 0.3) is 0 Å². The van der Waals surface area contributed by atoms with Crippen LogP contribution in [0.15, 0.2) is 42.5 Å². The molecule has 5 heteroatoms. The number of aryl methyl sites for hydroxylation is 1. The van der Waals surface area contributed by atoms with Crippen molar-refractivity contribution < 1.29 is 14.5 Å². The van der Waals surface area contributed by atoms with Crippen molar-refractivity contribution in [1.82, 2.24) is 0 Å². The molecule has 0 amide bonds. The van der Waals surface area contributed by atoms with Crippen LogP contribution < -0.4 is 4.74 Å². The zero-order chi connectivity index (χ0) is 14.8. The molecule has 2 aromatic rings. The van der Waals surface area contributed by atoms with E-state index < -0.39 is 4.92 Å². The Morgan fingerprint density at radius 1 is 1.10 bits per heavy atom. The van der Waals surface area contributed by atoms with Gasteiger partial charge < -0.3 is 4.74 Å². The number of non-ortho nitro benzene ring substituents is 1. The first-order valence-corrected chi connectivity index (χ1v) is 6.66. The number of fused-ring (bicyclic) bond motifs is 1. The monoisotopic (exact) mass is 283 g/mol. The number of hydrogen-bond donors (Lipinski definition) is 0.